The van der Waals surface area contributed by atoms with E-state index in [1.54, 1.807) is 23.5 Å². The second-order valence-electron chi connectivity index (χ2n) is 4.16. The lowest BCUT2D eigenvalue weighted by Gasteiger charge is -2.07. The van der Waals surface area contributed by atoms with Crippen LogP contribution in [0.4, 0.5) is 0 Å². The average molecular weight is 292 g/mol. The standard InChI is InChI=1S/C14H16N2OS2/c1-10-12(8-11-6-4-3-5-7-11)15-14(16-13(10)17)19-9-18-2/h3-7H,8-9H2,1-2H3,(H,15,16,17). The van der Waals surface area contributed by atoms with Gasteiger partial charge in [0.25, 0.3) is 5.56 Å². The van der Waals surface area contributed by atoms with E-state index < -0.39 is 0 Å². The molecule has 0 aliphatic heterocycles. The Kier molecular flexibility index (Phi) is 5.10. The van der Waals surface area contributed by atoms with E-state index in [1.165, 1.54) is 5.56 Å². The fourth-order valence-electron chi connectivity index (χ4n) is 1.70. The molecular weight excluding hydrogens is 276 g/mol. The van der Waals surface area contributed by atoms with Crippen molar-refractivity contribution in [2.45, 2.75) is 18.5 Å². The zero-order valence-electron chi connectivity index (χ0n) is 11.0. The van der Waals surface area contributed by atoms with Crippen molar-refractivity contribution in [2.75, 3.05) is 11.3 Å². The van der Waals surface area contributed by atoms with Crippen molar-refractivity contribution >= 4 is 23.5 Å². The largest absolute Gasteiger partial charge is 0.301 e. The van der Waals surface area contributed by atoms with E-state index in [4.69, 9.17) is 0 Å². The van der Waals surface area contributed by atoms with E-state index in [1.807, 2.05) is 31.4 Å². The summed E-state index contributed by atoms with van der Waals surface area (Å²) in [5.74, 6) is 0. The van der Waals surface area contributed by atoms with Crippen molar-refractivity contribution in [3.8, 4) is 0 Å². The molecule has 0 spiro atoms. The van der Waals surface area contributed by atoms with Crippen molar-refractivity contribution in [2.24, 2.45) is 0 Å². The molecule has 0 bridgehead atoms. The maximum absolute atomic E-state index is 11.9. The molecular formula is C14H16N2OS2. The monoisotopic (exact) mass is 292 g/mol. The maximum Gasteiger partial charge on any atom is 0.254 e. The number of thioether (sulfide) groups is 2. The highest BCUT2D eigenvalue weighted by Gasteiger charge is 2.08. The van der Waals surface area contributed by atoms with Crippen LogP contribution >= 0.6 is 23.5 Å². The van der Waals surface area contributed by atoms with Crippen LogP contribution < -0.4 is 5.56 Å². The smallest absolute Gasteiger partial charge is 0.254 e. The maximum atomic E-state index is 11.9. The van der Waals surface area contributed by atoms with Gasteiger partial charge in [0.2, 0.25) is 0 Å². The highest BCUT2D eigenvalue weighted by molar-refractivity contribution is 8.15. The molecule has 1 aromatic heterocycles. The van der Waals surface area contributed by atoms with E-state index >= 15 is 0 Å². The molecule has 3 nitrogen and oxygen atoms in total. The molecule has 2 aromatic rings. The molecule has 0 amide bonds. The van der Waals surface area contributed by atoms with E-state index in [0.29, 0.717) is 17.1 Å². The molecule has 0 saturated carbocycles. The summed E-state index contributed by atoms with van der Waals surface area (Å²) < 4.78 is 0. The minimum Gasteiger partial charge on any atom is -0.301 e. The fourth-order valence-corrected chi connectivity index (χ4v) is 2.96. The minimum absolute atomic E-state index is 0.0375. The third-order valence-corrected chi connectivity index (χ3v) is 4.64. The fraction of sp³-hybridized carbons (Fsp3) is 0.286. The molecule has 2 rings (SSSR count). The van der Waals surface area contributed by atoms with Gasteiger partial charge < -0.3 is 4.98 Å². The van der Waals surface area contributed by atoms with Crippen LogP contribution in [0.3, 0.4) is 0 Å². The molecule has 19 heavy (non-hydrogen) atoms. The van der Waals surface area contributed by atoms with Crippen molar-refractivity contribution in [1.82, 2.24) is 9.97 Å². The van der Waals surface area contributed by atoms with Crippen molar-refractivity contribution in [3.63, 3.8) is 0 Å². The summed E-state index contributed by atoms with van der Waals surface area (Å²) >= 11 is 3.28. The molecule has 0 aliphatic rings. The normalized spacial score (nSPS) is 10.6. The van der Waals surface area contributed by atoms with Gasteiger partial charge in [-0.1, -0.05) is 42.1 Å². The van der Waals surface area contributed by atoms with Crippen LogP contribution in [0.2, 0.25) is 0 Å². The minimum atomic E-state index is -0.0375. The summed E-state index contributed by atoms with van der Waals surface area (Å²) in [7, 11) is 0. The Bertz CT molecular complexity index is 596. The van der Waals surface area contributed by atoms with Gasteiger partial charge in [-0.3, -0.25) is 4.79 Å². The number of benzene rings is 1. The Morgan fingerprint density at radius 2 is 2.00 bits per heavy atom. The van der Waals surface area contributed by atoms with Gasteiger partial charge in [0.1, 0.15) is 0 Å². The van der Waals surface area contributed by atoms with Crippen LogP contribution in [0.15, 0.2) is 40.3 Å². The summed E-state index contributed by atoms with van der Waals surface area (Å²) in [4.78, 5) is 19.3. The van der Waals surface area contributed by atoms with Crippen molar-refractivity contribution in [3.05, 3.63) is 57.5 Å². The van der Waals surface area contributed by atoms with Crippen LogP contribution in [-0.4, -0.2) is 21.3 Å². The predicted molar refractivity (Wildman–Crippen MR) is 83.1 cm³/mol. The number of aromatic nitrogens is 2. The van der Waals surface area contributed by atoms with E-state index in [-0.39, 0.29) is 5.56 Å². The Hall–Kier alpha value is -1.20. The molecule has 1 heterocycles. The Balaban J connectivity index is 2.28. The lowest BCUT2D eigenvalue weighted by atomic mass is 10.1. The summed E-state index contributed by atoms with van der Waals surface area (Å²) in [5, 5.41) is 1.59. The first-order chi connectivity index (χ1) is 9.20. The van der Waals surface area contributed by atoms with Gasteiger partial charge in [0.05, 0.1) is 5.69 Å². The zero-order chi connectivity index (χ0) is 13.7. The lowest BCUT2D eigenvalue weighted by Crippen LogP contribution is -2.16. The lowest BCUT2D eigenvalue weighted by molar-refractivity contribution is 0.860. The Morgan fingerprint density at radius 1 is 1.26 bits per heavy atom. The van der Waals surface area contributed by atoms with Crippen LogP contribution in [0, 0.1) is 6.92 Å². The first-order valence-electron chi connectivity index (χ1n) is 5.96. The van der Waals surface area contributed by atoms with Crippen LogP contribution in [0.5, 0.6) is 0 Å². The number of rotatable bonds is 5. The van der Waals surface area contributed by atoms with Gasteiger partial charge in [0.15, 0.2) is 5.16 Å². The number of hydrogen-bond donors (Lipinski definition) is 1. The molecule has 1 N–H and O–H groups in total. The van der Waals surface area contributed by atoms with Gasteiger partial charge in [-0.05, 0) is 18.7 Å². The third-order valence-electron chi connectivity index (χ3n) is 2.76. The van der Waals surface area contributed by atoms with Crippen molar-refractivity contribution < 1.29 is 0 Å². The summed E-state index contributed by atoms with van der Waals surface area (Å²) in [6, 6.07) is 10.1. The second-order valence-corrected chi connectivity index (χ2v) is 6.35. The number of aromatic amines is 1. The van der Waals surface area contributed by atoms with Gasteiger partial charge in [-0.25, -0.2) is 4.98 Å². The second kappa shape index (κ2) is 6.82. The molecule has 0 radical (unpaired) electrons. The van der Waals surface area contributed by atoms with Crippen LogP contribution in [0.25, 0.3) is 0 Å². The molecule has 0 aliphatic carbocycles. The number of H-pyrrole nitrogens is 1. The Morgan fingerprint density at radius 3 is 2.68 bits per heavy atom. The molecule has 0 atom stereocenters. The van der Waals surface area contributed by atoms with Gasteiger partial charge in [0, 0.05) is 17.1 Å². The SMILES string of the molecule is CSCSc1nc(Cc2ccccc2)c(C)c(=O)[nH]1. The highest BCUT2D eigenvalue weighted by atomic mass is 32.2. The van der Waals surface area contributed by atoms with E-state index in [9.17, 15) is 4.79 Å². The molecule has 1 aromatic carbocycles. The number of nitrogens with one attached hydrogen (secondary N) is 1. The molecule has 0 fully saturated rings. The molecule has 100 valence electrons. The van der Waals surface area contributed by atoms with E-state index in [0.717, 1.165) is 10.8 Å². The highest BCUT2D eigenvalue weighted by Crippen LogP contribution is 2.18. The third kappa shape index (κ3) is 3.88. The quantitative estimate of drug-likeness (QED) is 0.522. The van der Waals surface area contributed by atoms with Crippen LogP contribution in [-0.2, 0) is 6.42 Å². The predicted octanol–water partition coefficient (Wildman–Crippen LogP) is 3.08. The summed E-state index contributed by atoms with van der Waals surface area (Å²) in [6.07, 6.45) is 2.73. The van der Waals surface area contributed by atoms with E-state index in [2.05, 4.69) is 22.1 Å². The number of nitrogens with zero attached hydrogens (tertiary/aromatic N) is 1. The topological polar surface area (TPSA) is 45.8 Å². The van der Waals surface area contributed by atoms with Gasteiger partial charge >= 0.3 is 0 Å². The first-order valence-corrected chi connectivity index (χ1v) is 8.34. The average Bonchev–Trinajstić information content (AvgIpc) is 2.43. The molecule has 0 saturated heterocycles. The van der Waals surface area contributed by atoms with Crippen molar-refractivity contribution in [1.29, 1.82) is 0 Å². The van der Waals surface area contributed by atoms with Gasteiger partial charge in [-0.15, -0.1) is 0 Å². The molecule has 0 unspecified atom stereocenters. The number of hydrogen-bond acceptors (Lipinski definition) is 4. The first kappa shape index (κ1) is 14.2. The Labute approximate surface area is 121 Å². The summed E-state index contributed by atoms with van der Waals surface area (Å²) in [5.41, 5.74) is 2.70. The summed E-state index contributed by atoms with van der Waals surface area (Å²) in [6.45, 7) is 1.83. The zero-order valence-corrected chi connectivity index (χ0v) is 12.6. The van der Waals surface area contributed by atoms with Crippen LogP contribution in [0.1, 0.15) is 16.8 Å². The molecule has 5 heteroatoms. The van der Waals surface area contributed by atoms with Gasteiger partial charge in [-0.2, -0.15) is 11.8 Å².